The molecule has 1 aromatic carbocycles. The first kappa shape index (κ1) is 23.9. The van der Waals surface area contributed by atoms with Gasteiger partial charge in [-0.05, 0) is 43.5 Å². The maximum absolute atomic E-state index is 13.5. The molecule has 4 heterocycles. The lowest BCUT2D eigenvalue weighted by Crippen LogP contribution is -2.50. The predicted octanol–water partition coefficient (Wildman–Crippen LogP) is 2.45. The van der Waals surface area contributed by atoms with E-state index in [4.69, 9.17) is 9.15 Å². The molecule has 0 saturated carbocycles. The van der Waals surface area contributed by atoms with Crippen molar-refractivity contribution in [3.63, 3.8) is 0 Å². The summed E-state index contributed by atoms with van der Waals surface area (Å²) in [5, 5.41) is 0. The van der Waals surface area contributed by atoms with E-state index in [0.717, 1.165) is 5.56 Å². The summed E-state index contributed by atoms with van der Waals surface area (Å²) < 4.78 is 10.3. The molecule has 2 aromatic rings. The Morgan fingerprint density at radius 1 is 0.917 bits per heavy atom. The minimum atomic E-state index is -0.314. The minimum Gasteiger partial charge on any atom is -0.459 e. The highest BCUT2D eigenvalue weighted by molar-refractivity contribution is 6.09. The second-order valence-corrected chi connectivity index (χ2v) is 9.25. The lowest BCUT2D eigenvalue weighted by atomic mass is 10.0. The summed E-state index contributed by atoms with van der Waals surface area (Å²) in [5.74, 6) is -0.221. The number of benzene rings is 1. The first-order chi connectivity index (χ1) is 17.5. The van der Waals surface area contributed by atoms with Crippen molar-refractivity contribution in [2.24, 2.45) is 0 Å². The number of piperazine rings is 1. The summed E-state index contributed by atoms with van der Waals surface area (Å²) in [5.41, 5.74) is 1.74. The van der Waals surface area contributed by atoms with Gasteiger partial charge in [-0.1, -0.05) is 12.1 Å². The monoisotopic (exact) mass is 494 g/mol. The van der Waals surface area contributed by atoms with Crippen molar-refractivity contribution < 1.29 is 28.3 Å². The molecule has 0 spiro atoms. The first-order valence-electron chi connectivity index (χ1n) is 12.4. The fourth-order valence-corrected chi connectivity index (χ4v) is 5.27. The van der Waals surface area contributed by atoms with Gasteiger partial charge in [-0.3, -0.25) is 14.4 Å². The summed E-state index contributed by atoms with van der Waals surface area (Å²) >= 11 is 0. The largest absolute Gasteiger partial charge is 0.459 e. The molecule has 190 valence electrons. The number of fused-ring (bicyclic) bond motifs is 1. The lowest BCUT2D eigenvalue weighted by Gasteiger charge is -2.36. The molecule has 0 N–H and O–H groups in total. The summed E-state index contributed by atoms with van der Waals surface area (Å²) in [7, 11) is 0. The van der Waals surface area contributed by atoms with Gasteiger partial charge in [0, 0.05) is 51.9 Å². The van der Waals surface area contributed by atoms with Crippen molar-refractivity contribution in [1.82, 2.24) is 19.6 Å². The molecule has 2 fully saturated rings. The SMILES string of the molecule is CCOC(=O)N1CCC(N2Cc3cccc(C(=O)N4CCN(C(=O)c5ccco5)CC4)c3C2=O)CC1. The van der Waals surface area contributed by atoms with E-state index in [-0.39, 0.29) is 35.6 Å². The number of carbonyl (C=O) groups excluding carboxylic acids is 4. The fraction of sp³-hybridized carbons (Fsp3) is 0.462. The van der Waals surface area contributed by atoms with Crippen LogP contribution in [0.4, 0.5) is 4.79 Å². The van der Waals surface area contributed by atoms with Gasteiger partial charge in [0.05, 0.1) is 24.0 Å². The van der Waals surface area contributed by atoms with Crippen LogP contribution in [0.15, 0.2) is 41.0 Å². The fourth-order valence-electron chi connectivity index (χ4n) is 5.27. The Hall–Kier alpha value is -3.82. The van der Waals surface area contributed by atoms with Crippen LogP contribution in [-0.2, 0) is 11.3 Å². The maximum atomic E-state index is 13.5. The second kappa shape index (κ2) is 10.0. The molecule has 0 radical (unpaired) electrons. The van der Waals surface area contributed by atoms with Crippen LogP contribution in [0.2, 0.25) is 0 Å². The standard InChI is InChI=1S/C26H30N4O6/c1-2-35-26(34)29-10-8-19(9-11-29)30-17-18-5-3-6-20(22(18)25(30)33)23(31)27-12-14-28(15-13-27)24(32)21-7-4-16-36-21/h3-7,16,19H,2,8-15,17H2,1H3. The molecule has 1 aromatic heterocycles. The second-order valence-electron chi connectivity index (χ2n) is 9.25. The predicted molar refractivity (Wildman–Crippen MR) is 128 cm³/mol. The Kier molecular flexibility index (Phi) is 6.67. The van der Waals surface area contributed by atoms with Crippen molar-refractivity contribution in [2.45, 2.75) is 32.4 Å². The zero-order chi connectivity index (χ0) is 25.2. The van der Waals surface area contributed by atoms with Crippen molar-refractivity contribution in [3.05, 3.63) is 59.0 Å². The molecule has 0 unspecified atom stereocenters. The lowest BCUT2D eigenvalue weighted by molar-refractivity contribution is 0.0512. The average Bonchev–Trinajstić information content (AvgIpc) is 3.57. The van der Waals surface area contributed by atoms with Gasteiger partial charge in [-0.2, -0.15) is 0 Å². The number of likely N-dealkylation sites (tertiary alicyclic amines) is 1. The van der Waals surface area contributed by atoms with Crippen LogP contribution in [0.5, 0.6) is 0 Å². The molecule has 10 nitrogen and oxygen atoms in total. The highest BCUT2D eigenvalue weighted by Crippen LogP contribution is 2.31. The average molecular weight is 495 g/mol. The Bertz CT molecular complexity index is 1150. The van der Waals surface area contributed by atoms with Gasteiger partial charge in [0.15, 0.2) is 5.76 Å². The molecule has 36 heavy (non-hydrogen) atoms. The third-order valence-corrected chi connectivity index (χ3v) is 7.21. The van der Waals surface area contributed by atoms with Crippen LogP contribution in [-0.4, -0.2) is 95.3 Å². The van der Waals surface area contributed by atoms with Crippen molar-refractivity contribution in [2.75, 3.05) is 45.9 Å². The van der Waals surface area contributed by atoms with Gasteiger partial charge >= 0.3 is 6.09 Å². The van der Waals surface area contributed by atoms with E-state index in [9.17, 15) is 19.2 Å². The highest BCUT2D eigenvalue weighted by atomic mass is 16.6. The normalized spacial score (nSPS) is 18.4. The van der Waals surface area contributed by atoms with Gasteiger partial charge in [0.25, 0.3) is 17.7 Å². The highest BCUT2D eigenvalue weighted by Gasteiger charge is 2.38. The smallest absolute Gasteiger partial charge is 0.409 e. The third-order valence-electron chi connectivity index (χ3n) is 7.21. The zero-order valence-corrected chi connectivity index (χ0v) is 20.4. The van der Waals surface area contributed by atoms with Crippen molar-refractivity contribution in [1.29, 1.82) is 0 Å². The number of piperidine rings is 1. The van der Waals surface area contributed by atoms with Crippen LogP contribution in [0.25, 0.3) is 0 Å². The number of hydrogen-bond donors (Lipinski definition) is 0. The Labute approximate surface area is 209 Å². The zero-order valence-electron chi connectivity index (χ0n) is 20.4. The molecule has 0 bridgehead atoms. The van der Waals surface area contributed by atoms with E-state index >= 15 is 0 Å². The Balaban J connectivity index is 1.23. The summed E-state index contributed by atoms with van der Waals surface area (Å²) in [6.07, 6.45) is 2.50. The van der Waals surface area contributed by atoms with Gasteiger partial charge in [-0.25, -0.2) is 4.79 Å². The van der Waals surface area contributed by atoms with E-state index in [1.54, 1.807) is 39.8 Å². The number of rotatable bonds is 4. The summed E-state index contributed by atoms with van der Waals surface area (Å²) in [6.45, 7) is 5.24. The van der Waals surface area contributed by atoms with E-state index < -0.39 is 0 Å². The first-order valence-corrected chi connectivity index (χ1v) is 12.4. The van der Waals surface area contributed by atoms with E-state index in [0.29, 0.717) is 76.4 Å². The van der Waals surface area contributed by atoms with Gasteiger partial charge in [0.2, 0.25) is 0 Å². The topological polar surface area (TPSA) is 104 Å². The quantitative estimate of drug-likeness (QED) is 0.647. The van der Waals surface area contributed by atoms with Crippen LogP contribution in [0.3, 0.4) is 0 Å². The van der Waals surface area contributed by atoms with Gasteiger partial charge in [-0.15, -0.1) is 0 Å². The van der Waals surface area contributed by atoms with Crippen molar-refractivity contribution >= 4 is 23.8 Å². The molecule has 0 aliphatic carbocycles. The molecule has 5 rings (SSSR count). The molecule has 10 heteroatoms. The number of furan rings is 1. The number of ether oxygens (including phenoxy) is 1. The van der Waals surface area contributed by atoms with Gasteiger partial charge < -0.3 is 28.8 Å². The van der Waals surface area contributed by atoms with Crippen LogP contribution in [0.1, 0.15) is 56.6 Å². The third kappa shape index (κ3) is 4.43. The van der Waals surface area contributed by atoms with Crippen LogP contribution in [0, 0.1) is 0 Å². The van der Waals surface area contributed by atoms with E-state index in [2.05, 4.69) is 0 Å². The summed E-state index contributed by atoms with van der Waals surface area (Å²) in [4.78, 5) is 58.4. The van der Waals surface area contributed by atoms with Crippen LogP contribution >= 0.6 is 0 Å². The number of nitrogens with zero attached hydrogens (tertiary/aromatic N) is 4. The van der Waals surface area contributed by atoms with Crippen LogP contribution < -0.4 is 0 Å². The van der Waals surface area contributed by atoms with Gasteiger partial charge in [0.1, 0.15) is 0 Å². The molecule has 2 saturated heterocycles. The maximum Gasteiger partial charge on any atom is 0.409 e. The van der Waals surface area contributed by atoms with Crippen molar-refractivity contribution in [3.8, 4) is 0 Å². The summed E-state index contributed by atoms with van der Waals surface area (Å²) in [6, 6.07) is 8.75. The van der Waals surface area contributed by atoms with E-state index in [1.807, 2.05) is 17.0 Å². The number of amides is 4. The number of carbonyl (C=O) groups is 4. The Morgan fingerprint density at radius 3 is 2.25 bits per heavy atom. The molecular weight excluding hydrogens is 464 g/mol. The number of hydrogen-bond acceptors (Lipinski definition) is 6. The molecule has 3 aliphatic heterocycles. The molecule has 4 amide bonds. The molecule has 3 aliphatic rings. The van der Waals surface area contributed by atoms with E-state index in [1.165, 1.54) is 6.26 Å². The Morgan fingerprint density at radius 2 is 1.61 bits per heavy atom. The molecular formula is C26H30N4O6. The molecule has 0 atom stereocenters. The minimum absolute atomic E-state index is 0.00897.